The molecule has 1 aromatic heterocycles. The average molecular weight is 407 g/mol. The molecule has 0 saturated carbocycles. The molecule has 0 N–H and O–H groups in total. The fourth-order valence-electron chi connectivity index (χ4n) is 3.52. The van der Waals surface area contributed by atoms with Gasteiger partial charge < -0.3 is 14.4 Å². The van der Waals surface area contributed by atoms with Gasteiger partial charge in [0, 0.05) is 48.7 Å². The van der Waals surface area contributed by atoms with Gasteiger partial charge in [0.1, 0.15) is 13.2 Å². The van der Waals surface area contributed by atoms with Gasteiger partial charge in [-0.05, 0) is 29.5 Å². The van der Waals surface area contributed by atoms with E-state index in [0.29, 0.717) is 36.2 Å². The number of hydrogen-bond acceptors (Lipinski definition) is 5. The molecule has 1 amide bonds. The Kier molecular flexibility index (Phi) is 5.86. The lowest BCUT2D eigenvalue weighted by atomic mass is 10.1. The summed E-state index contributed by atoms with van der Waals surface area (Å²) in [5, 5.41) is 2.67. The number of fused-ring (bicyclic) bond motifs is 1. The third-order valence-electron chi connectivity index (χ3n) is 4.95. The van der Waals surface area contributed by atoms with E-state index in [1.54, 1.807) is 17.4 Å². The van der Waals surface area contributed by atoms with Gasteiger partial charge in [0.05, 0.1) is 6.42 Å². The van der Waals surface area contributed by atoms with Crippen LogP contribution < -0.4 is 9.47 Å². The van der Waals surface area contributed by atoms with Gasteiger partial charge >= 0.3 is 0 Å². The molecule has 7 heteroatoms. The molecule has 5 nitrogen and oxygen atoms in total. The van der Waals surface area contributed by atoms with E-state index >= 15 is 0 Å². The number of benzene rings is 1. The van der Waals surface area contributed by atoms with Gasteiger partial charge in [-0.15, -0.1) is 11.3 Å². The lowest BCUT2D eigenvalue weighted by Crippen LogP contribution is -2.36. The Morgan fingerprint density at radius 3 is 2.70 bits per heavy atom. The van der Waals surface area contributed by atoms with E-state index in [1.165, 1.54) is 4.88 Å². The number of hydrogen-bond donors (Lipinski definition) is 0. The minimum atomic E-state index is 0.117. The van der Waals surface area contributed by atoms with Crippen molar-refractivity contribution >= 4 is 28.8 Å². The average Bonchev–Trinajstić information content (AvgIpc) is 3.06. The van der Waals surface area contributed by atoms with Crippen LogP contribution in [0.2, 0.25) is 5.02 Å². The van der Waals surface area contributed by atoms with E-state index in [4.69, 9.17) is 21.1 Å². The lowest BCUT2D eigenvalue weighted by molar-refractivity contribution is -0.130. The molecule has 3 heterocycles. The van der Waals surface area contributed by atoms with Crippen LogP contribution in [0, 0.1) is 0 Å². The second-order valence-electron chi connectivity index (χ2n) is 6.85. The molecule has 2 aliphatic heterocycles. The molecule has 2 aliphatic rings. The highest BCUT2D eigenvalue weighted by atomic mass is 35.5. The van der Waals surface area contributed by atoms with Crippen LogP contribution in [-0.2, 0) is 17.8 Å². The highest BCUT2D eigenvalue weighted by Gasteiger charge is 2.22. The zero-order chi connectivity index (χ0) is 18.6. The van der Waals surface area contributed by atoms with E-state index in [-0.39, 0.29) is 5.91 Å². The van der Waals surface area contributed by atoms with Crippen molar-refractivity contribution in [1.29, 1.82) is 0 Å². The summed E-state index contributed by atoms with van der Waals surface area (Å²) in [7, 11) is 0. The number of halogens is 1. The molecule has 0 spiro atoms. The van der Waals surface area contributed by atoms with Crippen LogP contribution in [0.5, 0.6) is 11.5 Å². The molecule has 0 bridgehead atoms. The van der Waals surface area contributed by atoms with E-state index in [0.717, 1.165) is 44.7 Å². The molecule has 0 unspecified atom stereocenters. The summed E-state index contributed by atoms with van der Waals surface area (Å²) in [5.74, 6) is 1.44. The fourth-order valence-corrected chi connectivity index (χ4v) is 4.48. The monoisotopic (exact) mass is 406 g/mol. The van der Waals surface area contributed by atoms with E-state index in [9.17, 15) is 4.79 Å². The maximum Gasteiger partial charge on any atom is 0.227 e. The normalized spacial score (nSPS) is 17.6. The van der Waals surface area contributed by atoms with E-state index < -0.39 is 0 Å². The fraction of sp³-hybridized carbons (Fsp3) is 0.450. The van der Waals surface area contributed by atoms with Gasteiger partial charge in [-0.3, -0.25) is 9.69 Å². The largest absolute Gasteiger partial charge is 0.486 e. The Labute approximate surface area is 168 Å². The first-order chi connectivity index (χ1) is 13.2. The van der Waals surface area contributed by atoms with Crippen LogP contribution in [0.3, 0.4) is 0 Å². The second kappa shape index (κ2) is 8.50. The smallest absolute Gasteiger partial charge is 0.227 e. The molecule has 2 aromatic rings. The Morgan fingerprint density at radius 1 is 1.11 bits per heavy atom. The van der Waals surface area contributed by atoms with Crippen LogP contribution in [0.4, 0.5) is 0 Å². The third kappa shape index (κ3) is 4.57. The van der Waals surface area contributed by atoms with E-state index in [2.05, 4.69) is 22.4 Å². The molecule has 0 atom stereocenters. The van der Waals surface area contributed by atoms with Crippen molar-refractivity contribution in [3.05, 3.63) is 45.1 Å². The third-order valence-corrected chi connectivity index (χ3v) is 6.17. The predicted molar refractivity (Wildman–Crippen MR) is 107 cm³/mol. The molecule has 1 saturated heterocycles. The van der Waals surface area contributed by atoms with Gasteiger partial charge in [0.2, 0.25) is 5.91 Å². The zero-order valence-electron chi connectivity index (χ0n) is 15.2. The summed E-state index contributed by atoms with van der Waals surface area (Å²) in [6.45, 7) is 5.48. The Morgan fingerprint density at radius 2 is 1.93 bits per heavy atom. The van der Waals surface area contributed by atoms with Crippen molar-refractivity contribution in [3.8, 4) is 11.5 Å². The van der Waals surface area contributed by atoms with Gasteiger partial charge in [-0.1, -0.05) is 17.7 Å². The number of amides is 1. The molecule has 1 fully saturated rings. The van der Waals surface area contributed by atoms with Gasteiger partial charge in [-0.2, -0.15) is 0 Å². The van der Waals surface area contributed by atoms with Gasteiger partial charge in [0.25, 0.3) is 0 Å². The molecule has 144 valence electrons. The summed E-state index contributed by atoms with van der Waals surface area (Å²) in [5.41, 5.74) is 0.797. The molecule has 4 rings (SSSR count). The van der Waals surface area contributed by atoms with Crippen LogP contribution in [0.15, 0.2) is 29.6 Å². The quantitative estimate of drug-likeness (QED) is 0.779. The summed E-state index contributed by atoms with van der Waals surface area (Å²) in [4.78, 5) is 18.6. The lowest BCUT2D eigenvalue weighted by Gasteiger charge is -2.23. The van der Waals surface area contributed by atoms with Crippen LogP contribution in [0.1, 0.15) is 16.9 Å². The van der Waals surface area contributed by atoms with Crippen molar-refractivity contribution in [3.63, 3.8) is 0 Å². The minimum Gasteiger partial charge on any atom is -0.486 e. The predicted octanol–water partition coefficient (Wildman–Crippen LogP) is 3.45. The van der Waals surface area contributed by atoms with Crippen LogP contribution in [0.25, 0.3) is 0 Å². The number of nitrogens with zero attached hydrogens (tertiary/aromatic N) is 2. The van der Waals surface area contributed by atoms with Gasteiger partial charge in [-0.25, -0.2) is 0 Å². The van der Waals surface area contributed by atoms with Crippen molar-refractivity contribution < 1.29 is 14.3 Å². The number of carbonyl (C=O) groups excluding carboxylic acids is 1. The molecule has 0 radical (unpaired) electrons. The topological polar surface area (TPSA) is 42.0 Å². The van der Waals surface area contributed by atoms with Gasteiger partial charge in [0.15, 0.2) is 11.5 Å². The van der Waals surface area contributed by atoms with Crippen molar-refractivity contribution in [1.82, 2.24) is 9.80 Å². The Balaban J connectivity index is 1.37. The summed E-state index contributed by atoms with van der Waals surface area (Å²) in [6, 6.07) is 7.85. The zero-order valence-corrected chi connectivity index (χ0v) is 16.7. The first kappa shape index (κ1) is 18.6. The first-order valence-corrected chi connectivity index (χ1v) is 10.6. The van der Waals surface area contributed by atoms with Crippen molar-refractivity contribution in [2.75, 3.05) is 39.4 Å². The number of ether oxygens (including phenoxy) is 2. The van der Waals surface area contributed by atoms with Crippen LogP contribution >= 0.6 is 22.9 Å². The van der Waals surface area contributed by atoms with Crippen LogP contribution in [-0.4, -0.2) is 55.1 Å². The number of carbonyl (C=O) groups is 1. The number of thiophene rings is 1. The summed E-state index contributed by atoms with van der Waals surface area (Å²) >= 11 is 8.15. The Bertz CT molecular complexity index is 797. The first-order valence-electron chi connectivity index (χ1n) is 9.29. The Hall–Kier alpha value is -1.76. The standard InChI is InChI=1S/C20H23ClN2O3S/c21-17-13-19-18(25-8-9-26-19)11-15(17)12-20(24)23-5-2-4-22(6-7-23)14-16-3-1-10-27-16/h1,3,10-11,13H,2,4-9,12,14H2. The molecular weight excluding hydrogens is 384 g/mol. The van der Waals surface area contributed by atoms with Crippen molar-refractivity contribution in [2.24, 2.45) is 0 Å². The molecular formula is C20H23ClN2O3S. The second-order valence-corrected chi connectivity index (χ2v) is 8.29. The minimum absolute atomic E-state index is 0.117. The maximum atomic E-state index is 12.8. The highest BCUT2D eigenvalue weighted by Crippen LogP contribution is 2.35. The maximum absolute atomic E-state index is 12.8. The molecule has 1 aromatic carbocycles. The van der Waals surface area contributed by atoms with Crippen molar-refractivity contribution in [2.45, 2.75) is 19.4 Å². The molecule has 27 heavy (non-hydrogen) atoms. The number of rotatable bonds is 4. The summed E-state index contributed by atoms with van der Waals surface area (Å²) in [6.07, 6.45) is 1.28. The van der Waals surface area contributed by atoms with E-state index in [1.807, 2.05) is 11.0 Å². The summed E-state index contributed by atoms with van der Waals surface area (Å²) < 4.78 is 11.2. The highest BCUT2D eigenvalue weighted by molar-refractivity contribution is 7.09. The molecule has 0 aliphatic carbocycles. The SMILES string of the molecule is O=C(Cc1cc2c(cc1Cl)OCCO2)N1CCCN(Cc2cccs2)CC1.